The van der Waals surface area contributed by atoms with Crippen molar-refractivity contribution >= 4 is 22.8 Å². The number of rotatable bonds is 3. The monoisotopic (exact) mass is 313 g/mol. The molecule has 1 aliphatic heterocycles. The van der Waals surface area contributed by atoms with Crippen molar-refractivity contribution in [3.8, 4) is 0 Å². The molecule has 1 saturated carbocycles. The zero-order chi connectivity index (χ0) is 16.2. The first kappa shape index (κ1) is 13.9. The van der Waals surface area contributed by atoms with Crippen molar-refractivity contribution in [2.45, 2.75) is 32.0 Å². The summed E-state index contributed by atoms with van der Waals surface area (Å²) in [5.41, 5.74) is -0.768. The van der Waals surface area contributed by atoms with Crippen LogP contribution in [0.3, 0.4) is 0 Å². The van der Waals surface area contributed by atoms with Gasteiger partial charge in [-0.2, -0.15) is 4.68 Å². The number of hydrogen-bond acceptors (Lipinski definition) is 5. The Morgan fingerprint density at radius 1 is 1.26 bits per heavy atom. The molecule has 2 fully saturated rings. The van der Waals surface area contributed by atoms with Crippen LogP contribution in [0.4, 0.5) is 4.79 Å². The predicted octanol–water partition coefficient (Wildman–Crippen LogP) is 0.469. The second-order valence-electron chi connectivity index (χ2n) is 6.19. The molecule has 2 aliphatic rings. The van der Waals surface area contributed by atoms with Crippen molar-refractivity contribution in [2.24, 2.45) is 5.92 Å². The van der Waals surface area contributed by atoms with Crippen LogP contribution in [0.1, 0.15) is 19.8 Å². The Morgan fingerprint density at radius 2 is 2.00 bits per heavy atom. The minimum Gasteiger partial charge on any atom is -0.323 e. The van der Waals surface area contributed by atoms with E-state index in [4.69, 9.17) is 0 Å². The fraction of sp³-hybridized carbons (Fsp3) is 0.400. The van der Waals surface area contributed by atoms with Crippen LogP contribution >= 0.6 is 0 Å². The highest BCUT2D eigenvalue weighted by Gasteiger charge is 2.56. The number of aromatic nitrogens is 3. The summed E-state index contributed by atoms with van der Waals surface area (Å²) in [6.45, 7) is 1.50. The van der Waals surface area contributed by atoms with Crippen LogP contribution in [0.25, 0.3) is 10.9 Å². The zero-order valence-corrected chi connectivity index (χ0v) is 12.5. The van der Waals surface area contributed by atoms with Crippen molar-refractivity contribution in [2.75, 3.05) is 0 Å². The van der Waals surface area contributed by atoms with Gasteiger partial charge in [-0.05, 0) is 37.8 Å². The van der Waals surface area contributed by atoms with Gasteiger partial charge in [0.05, 0.1) is 5.39 Å². The minimum absolute atomic E-state index is 0.170. The summed E-state index contributed by atoms with van der Waals surface area (Å²) in [6, 6.07) is 6.33. The van der Waals surface area contributed by atoms with E-state index in [1.54, 1.807) is 31.2 Å². The van der Waals surface area contributed by atoms with Crippen molar-refractivity contribution < 1.29 is 9.59 Å². The van der Waals surface area contributed by atoms with Gasteiger partial charge >= 0.3 is 6.03 Å². The summed E-state index contributed by atoms with van der Waals surface area (Å²) < 4.78 is 1.04. The van der Waals surface area contributed by atoms with Crippen LogP contribution in [0, 0.1) is 5.92 Å². The maximum atomic E-state index is 12.6. The fourth-order valence-corrected chi connectivity index (χ4v) is 3.03. The van der Waals surface area contributed by atoms with Crippen LogP contribution < -0.4 is 10.9 Å². The van der Waals surface area contributed by atoms with Crippen LogP contribution in [0.5, 0.6) is 0 Å². The minimum atomic E-state index is -0.870. The Labute approximate surface area is 131 Å². The van der Waals surface area contributed by atoms with Gasteiger partial charge in [-0.25, -0.2) is 9.69 Å². The third-order valence-electron chi connectivity index (χ3n) is 4.60. The number of fused-ring (bicyclic) bond motifs is 1. The number of nitrogens with one attached hydrogen (secondary N) is 1. The molecule has 0 bridgehead atoms. The number of amides is 3. The topological polar surface area (TPSA) is 97.2 Å². The van der Waals surface area contributed by atoms with Gasteiger partial charge in [-0.3, -0.25) is 9.59 Å². The maximum Gasteiger partial charge on any atom is 0.326 e. The number of carbonyl (C=O) groups is 2. The second-order valence-corrected chi connectivity index (χ2v) is 6.19. The lowest BCUT2D eigenvalue weighted by Gasteiger charge is -2.20. The van der Waals surface area contributed by atoms with E-state index in [0.29, 0.717) is 10.9 Å². The Hall–Kier alpha value is -2.77. The van der Waals surface area contributed by atoms with Gasteiger partial charge in [0.25, 0.3) is 11.5 Å². The Morgan fingerprint density at radius 3 is 2.74 bits per heavy atom. The SMILES string of the molecule is C[C@@]1(C2CC2)NC(=O)N(Cn2nnc3ccccc3c2=O)C1=O. The van der Waals surface area contributed by atoms with Crippen LogP contribution in [0.15, 0.2) is 29.1 Å². The highest BCUT2D eigenvalue weighted by Crippen LogP contribution is 2.42. The zero-order valence-electron chi connectivity index (χ0n) is 12.5. The van der Waals surface area contributed by atoms with E-state index in [9.17, 15) is 14.4 Å². The lowest BCUT2D eigenvalue weighted by Crippen LogP contribution is -2.46. The number of hydrogen-bond donors (Lipinski definition) is 1. The molecule has 2 aromatic rings. The summed E-state index contributed by atoms with van der Waals surface area (Å²) >= 11 is 0. The number of benzene rings is 1. The fourth-order valence-electron chi connectivity index (χ4n) is 3.03. The molecule has 3 amide bonds. The van der Waals surface area contributed by atoms with Gasteiger partial charge < -0.3 is 5.32 Å². The summed E-state index contributed by atoms with van der Waals surface area (Å²) in [7, 11) is 0. The van der Waals surface area contributed by atoms with E-state index >= 15 is 0 Å². The molecule has 1 aliphatic carbocycles. The number of nitrogens with zero attached hydrogens (tertiary/aromatic N) is 4. The molecule has 2 heterocycles. The largest absolute Gasteiger partial charge is 0.326 e. The summed E-state index contributed by atoms with van der Waals surface area (Å²) in [6.07, 6.45) is 1.85. The highest BCUT2D eigenvalue weighted by molar-refractivity contribution is 6.06. The third-order valence-corrected chi connectivity index (χ3v) is 4.60. The summed E-state index contributed by atoms with van der Waals surface area (Å²) in [5.74, 6) is -0.143. The molecule has 118 valence electrons. The molecule has 4 rings (SSSR count). The molecule has 1 aromatic carbocycles. The molecule has 0 radical (unpaired) electrons. The highest BCUT2D eigenvalue weighted by atomic mass is 16.2. The number of carbonyl (C=O) groups excluding carboxylic acids is 2. The van der Waals surface area contributed by atoms with E-state index in [0.717, 1.165) is 22.4 Å². The van der Waals surface area contributed by atoms with Crippen molar-refractivity contribution in [3.05, 3.63) is 34.6 Å². The van der Waals surface area contributed by atoms with E-state index in [1.807, 2.05) is 0 Å². The van der Waals surface area contributed by atoms with E-state index in [-0.39, 0.29) is 24.1 Å². The Kier molecular flexibility index (Phi) is 2.78. The van der Waals surface area contributed by atoms with E-state index in [2.05, 4.69) is 15.6 Å². The average molecular weight is 313 g/mol. The van der Waals surface area contributed by atoms with E-state index in [1.165, 1.54) is 0 Å². The van der Waals surface area contributed by atoms with Crippen LogP contribution in [-0.2, 0) is 11.5 Å². The number of urea groups is 1. The molecule has 8 nitrogen and oxygen atoms in total. The van der Waals surface area contributed by atoms with Crippen molar-refractivity contribution in [3.63, 3.8) is 0 Å². The molecule has 23 heavy (non-hydrogen) atoms. The van der Waals surface area contributed by atoms with Gasteiger partial charge in [0.2, 0.25) is 0 Å². The van der Waals surface area contributed by atoms with Gasteiger partial charge in [0.1, 0.15) is 17.7 Å². The van der Waals surface area contributed by atoms with E-state index < -0.39 is 11.6 Å². The van der Waals surface area contributed by atoms with Crippen LogP contribution in [-0.4, -0.2) is 37.4 Å². The normalized spacial score (nSPS) is 24.3. The lowest BCUT2D eigenvalue weighted by molar-refractivity contribution is -0.132. The molecular weight excluding hydrogens is 298 g/mol. The van der Waals surface area contributed by atoms with Crippen LogP contribution in [0.2, 0.25) is 0 Å². The third kappa shape index (κ3) is 2.01. The Bertz CT molecular complexity index is 888. The number of imide groups is 1. The molecule has 0 unspecified atom stereocenters. The summed E-state index contributed by atoms with van der Waals surface area (Å²) in [4.78, 5) is 38.2. The molecule has 1 saturated heterocycles. The first-order chi connectivity index (χ1) is 11.0. The van der Waals surface area contributed by atoms with Crippen molar-refractivity contribution in [1.29, 1.82) is 0 Å². The average Bonchev–Trinajstić information content (AvgIpc) is 3.36. The second kappa shape index (κ2) is 4.61. The quantitative estimate of drug-likeness (QED) is 0.831. The standard InChI is InChI=1S/C15H15N5O3/c1-15(9-6-7-9)13(22)19(14(23)16-15)8-20-12(21)10-4-2-3-5-11(10)17-18-20/h2-5,9H,6-8H2,1H3,(H,16,23)/t15-/m0/s1. The van der Waals surface area contributed by atoms with Gasteiger partial charge in [0.15, 0.2) is 0 Å². The molecule has 1 N–H and O–H groups in total. The predicted molar refractivity (Wildman–Crippen MR) is 80.3 cm³/mol. The van der Waals surface area contributed by atoms with Gasteiger partial charge in [-0.1, -0.05) is 17.3 Å². The molecule has 1 atom stereocenters. The molecule has 0 spiro atoms. The summed E-state index contributed by atoms with van der Waals surface area (Å²) in [5, 5.41) is 10.9. The van der Waals surface area contributed by atoms with Crippen molar-refractivity contribution in [1.82, 2.24) is 25.2 Å². The van der Waals surface area contributed by atoms with Gasteiger partial charge in [0, 0.05) is 0 Å². The smallest absolute Gasteiger partial charge is 0.323 e. The van der Waals surface area contributed by atoms with Gasteiger partial charge in [-0.15, -0.1) is 5.10 Å². The first-order valence-electron chi connectivity index (χ1n) is 7.47. The Balaban J connectivity index is 1.68. The molecular formula is C15H15N5O3. The maximum absolute atomic E-state index is 12.6. The molecule has 1 aromatic heterocycles. The molecule has 8 heteroatoms. The first-order valence-corrected chi connectivity index (χ1v) is 7.47. The lowest BCUT2D eigenvalue weighted by atomic mass is 9.96.